The van der Waals surface area contributed by atoms with Crippen LogP contribution in [0.15, 0.2) is 72.8 Å². The van der Waals surface area contributed by atoms with Crippen molar-refractivity contribution in [1.29, 1.82) is 0 Å². The SMILES string of the molecule is COc1cccc(COCc2nc(N)nc(N)c2-c2ccc(NCc3ccc(Cl)cc3)cc2)c1. The van der Waals surface area contributed by atoms with E-state index in [1.165, 1.54) is 0 Å². The maximum absolute atomic E-state index is 6.23. The zero-order chi connectivity index (χ0) is 23.9. The van der Waals surface area contributed by atoms with Gasteiger partial charge in [0.25, 0.3) is 0 Å². The summed E-state index contributed by atoms with van der Waals surface area (Å²) < 4.78 is 11.2. The first-order valence-electron chi connectivity index (χ1n) is 10.7. The molecule has 34 heavy (non-hydrogen) atoms. The molecule has 0 bridgehead atoms. The van der Waals surface area contributed by atoms with Gasteiger partial charge >= 0.3 is 0 Å². The average molecular weight is 476 g/mol. The summed E-state index contributed by atoms with van der Waals surface area (Å²) in [5, 5.41) is 4.12. The van der Waals surface area contributed by atoms with E-state index in [2.05, 4.69) is 15.3 Å². The molecule has 0 atom stereocenters. The second-order valence-electron chi connectivity index (χ2n) is 7.69. The van der Waals surface area contributed by atoms with Crippen molar-refractivity contribution in [2.45, 2.75) is 19.8 Å². The molecule has 0 spiro atoms. The molecule has 0 fully saturated rings. The summed E-state index contributed by atoms with van der Waals surface area (Å²) in [5.41, 5.74) is 17.4. The van der Waals surface area contributed by atoms with Crippen LogP contribution in [-0.2, 0) is 24.5 Å². The van der Waals surface area contributed by atoms with Crippen molar-refractivity contribution in [2.75, 3.05) is 23.9 Å². The first kappa shape index (κ1) is 23.4. The second-order valence-corrected chi connectivity index (χ2v) is 8.13. The van der Waals surface area contributed by atoms with E-state index in [1.54, 1.807) is 7.11 Å². The van der Waals surface area contributed by atoms with Crippen LogP contribution < -0.4 is 21.5 Å². The van der Waals surface area contributed by atoms with E-state index in [4.69, 9.17) is 32.5 Å². The first-order chi connectivity index (χ1) is 16.5. The normalized spacial score (nSPS) is 10.8. The van der Waals surface area contributed by atoms with Gasteiger partial charge in [0.05, 0.1) is 26.0 Å². The number of methoxy groups -OCH3 is 1. The Morgan fingerprint density at radius 1 is 0.882 bits per heavy atom. The molecule has 0 amide bonds. The van der Waals surface area contributed by atoms with Gasteiger partial charge in [0, 0.05) is 22.8 Å². The summed E-state index contributed by atoms with van der Waals surface area (Å²) in [6.45, 7) is 1.32. The van der Waals surface area contributed by atoms with Gasteiger partial charge in [-0.15, -0.1) is 0 Å². The fourth-order valence-electron chi connectivity index (χ4n) is 3.55. The summed E-state index contributed by atoms with van der Waals surface area (Å²) in [4.78, 5) is 8.54. The number of anilines is 3. The number of ether oxygens (including phenoxy) is 2. The Bertz CT molecular complexity index is 1250. The predicted molar refractivity (Wildman–Crippen MR) is 137 cm³/mol. The Hall–Kier alpha value is -3.81. The predicted octanol–water partition coefficient (Wildman–Crippen LogP) is 5.30. The number of aromatic nitrogens is 2. The highest BCUT2D eigenvalue weighted by molar-refractivity contribution is 6.30. The van der Waals surface area contributed by atoms with Crippen molar-refractivity contribution in [3.8, 4) is 16.9 Å². The Morgan fingerprint density at radius 3 is 2.38 bits per heavy atom. The van der Waals surface area contributed by atoms with Crippen molar-refractivity contribution in [1.82, 2.24) is 9.97 Å². The van der Waals surface area contributed by atoms with Crippen LogP contribution in [0.2, 0.25) is 5.02 Å². The summed E-state index contributed by atoms with van der Waals surface area (Å²) >= 11 is 5.95. The molecule has 0 aliphatic carbocycles. The maximum Gasteiger partial charge on any atom is 0.222 e. The third-order valence-electron chi connectivity index (χ3n) is 5.25. The van der Waals surface area contributed by atoms with E-state index in [1.807, 2.05) is 72.8 Å². The Kier molecular flexibility index (Phi) is 7.47. The first-order valence-corrected chi connectivity index (χ1v) is 11.1. The van der Waals surface area contributed by atoms with E-state index in [-0.39, 0.29) is 12.6 Å². The number of hydrogen-bond donors (Lipinski definition) is 3. The molecule has 0 aliphatic heterocycles. The summed E-state index contributed by atoms with van der Waals surface area (Å²) in [6.07, 6.45) is 0. The number of nitrogen functional groups attached to an aromatic ring is 2. The number of nitrogens with zero attached hydrogens (tertiary/aromatic N) is 2. The molecule has 0 aliphatic rings. The molecular formula is C26H26ClN5O2. The third-order valence-corrected chi connectivity index (χ3v) is 5.51. The van der Waals surface area contributed by atoms with Gasteiger partial charge in [0.2, 0.25) is 5.95 Å². The van der Waals surface area contributed by atoms with Crippen molar-refractivity contribution < 1.29 is 9.47 Å². The van der Waals surface area contributed by atoms with E-state index in [9.17, 15) is 0 Å². The standard InChI is InChI=1S/C26H26ClN5O2/c1-33-22-4-2-3-18(13-22)15-34-16-23-24(25(28)32-26(29)31-23)19-7-11-21(12-8-19)30-14-17-5-9-20(27)10-6-17/h2-13,30H,14-16H2,1H3,(H4,28,29,31,32). The topological polar surface area (TPSA) is 108 Å². The van der Waals surface area contributed by atoms with Crippen LogP contribution in [0.3, 0.4) is 0 Å². The van der Waals surface area contributed by atoms with Gasteiger partial charge in [-0.2, -0.15) is 4.98 Å². The molecule has 0 unspecified atom stereocenters. The summed E-state index contributed by atoms with van der Waals surface area (Å²) in [6, 6.07) is 23.4. The number of hydrogen-bond acceptors (Lipinski definition) is 7. The second kappa shape index (κ2) is 10.9. The molecule has 0 saturated carbocycles. The molecule has 5 N–H and O–H groups in total. The van der Waals surface area contributed by atoms with Crippen molar-refractivity contribution in [2.24, 2.45) is 0 Å². The number of benzene rings is 3. The van der Waals surface area contributed by atoms with Crippen molar-refractivity contribution in [3.05, 3.63) is 94.6 Å². The zero-order valence-electron chi connectivity index (χ0n) is 18.8. The summed E-state index contributed by atoms with van der Waals surface area (Å²) in [5.74, 6) is 1.21. The minimum Gasteiger partial charge on any atom is -0.497 e. The van der Waals surface area contributed by atoms with Gasteiger partial charge in [-0.25, -0.2) is 4.98 Å². The van der Waals surface area contributed by atoms with Crippen LogP contribution >= 0.6 is 11.6 Å². The number of halogens is 1. The lowest BCUT2D eigenvalue weighted by molar-refractivity contribution is 0.105. The molecule has 4 rings (SSSR count). The molecule has 3 aromatic carbocycles. The number of rotatable bonds is 9. The van der Waals surface area contributed by atoms with Crippen molar-refractivity contribution in [3.63, 3.8) is 0 Å². The van der Waals surface area contributed by atoms with Gasteiger partial charge < -0.3 is 26.3 Å². The largest absolute Gasteiger partial charge is 0.497 e. The van der Waals surface area contributed by atoms with E-state index in [0.29, 0.717) is 30.2 Å². The monoisotopic (exact) mass is 475 g/mol. The van der Waals surface area contributed by atoms with Crippen LogP contribution in [0.5, 0.6) is 5.75 Å². The zero-order valence-corrected chi connectivity index (χ0v) is 19.5. The number of nitrogens with two attached hydrogens (primary N) is 2. The van der Waals surface area contributed by atoms with Crippen molar-refractivity contribution >= 4 is 29.1 Å². The van der Waals surface area contributed by atoms with E-state index >= 15 is 0 Å². The number of nitrogens with one attached hydrogen (secondary N) is 1. The summed E-state index contributed by atoms with van der Waals surface area (Å²) in [7, 11) is 1.64. The lowest BCUT2D eigenvalue weighted by Gasteiger charge is -2.14. The Balaban J connectivity index is 1.46. The van der Waals surface area contributed by atoms with Gasteiger partial charge in [0.15, 0.2) is 0 Å². The molecule has 174 valence electrons. The smallest absolute Gasteiger partial charge is 0.222 e. The van der Waals surface area contributed by atoms with Crippen LogP contribution in [0.25, 0.3) is 11.1 Å². The lowest BCUT2D eigenvalue weighted by atomic mass is 10.0. The molecular weight excluding hydrogens is 450 g/mol. The Labute approximate surface area is 203 Å². The van der Waals surface area contributed by atoms with Gasteiger partial charge in [-0.05, 0) is 53.1 Å². The van der Waals surface area contributed by atoms with E-state index < -0.39 is 0 Å². The highest BCUT2D eigenvalue weighted by Crippen LogP contribution is 2.30. The molecule has 1 heterocycles. The van der Waals surface area contributed by atoms with E-state index in [0.717, 1.165) is 33.1 Å². The quantitative estimate of drug-likeness (QED) is 0.301. The van der Waals surface area contributed by atoms with Gasteiger partial charge in [-0.3, -0.25) is 0 Å². The molecule has 7 nitrogen and oxygen atoms in total. The van der Waals surface area contributed by atoms with Crippen LogP contribution in [0.4, 0.5) is 17.5 Å². The fourth-order valence-corrected chi connectivity index (χ4v) is 3.68. The fraction of sp³-hybridized carbons (Fsp3) is 0.154. The highest BCUT2D eigenvalue weighted by Gasteiger charge is 2.14. The Morgan fingerprint density at radius 2 is 1.65 bits per heavy atom. The third kappa shape index (κ3) is 5.95. The molecule has 4 aromatic rings. The van der Waals surface area contributed by atoms with Gasteiger partial charge in [-0.1, -0.05) is 48.0 Å². The van der Waals surface area contributed by atoms with Crippen LogP contribution in [0.1, 0.15) is 16.8 Å². The average Bonchev–Trinajstić information content (AvgIpc) is 2.84. The molecule has 1 aromatic heterocycles. The highest BCUT2D eigenvalue weighted by atomic mass is 35.5. The lowest BCUT2D eigenvalue weighted by Crippen LogP contribution is -2.08. The molecule has 0 radical (unpaired) electrons. The molecule has 8 heteroatoms. The van der Waals surface area contributed by atoms with Crippen LogP contribution in [0, 0.1) is 0 Å². The van der Waals surface area contributed by atoms with Crippen LogP contribution in [-0.4, -0.2) is 17.1 Å². The van der Waals surface area contributed by atoms with Gasteiger partial charge in [0.1, 0.15) is 11.6 Å². The minimum atomic E-state index is 0.113. The molecule has 0 saturated heterocycles. The minimum absolute atomic E-state index is 0.113. The maximum atomic E-state index is 6.23.